The third-order valence-electron chi connectivity index (χ3n) is 5.36. The number of phenols is 1. The molecule has 9 heteroatoms. The van der Waals surface area contributed by atoms with E-state index < -0.39 is 35.6 Å². The van der Waals surface area contributed by atoms with Crippen molar-refractivity contribution >= 4 is 35.2 Å². The minimum atomic E-state index is -1.09. The van der Waals surface area contributed by atoms with Gasteiger partial charge in [-0.2, -0.15) is 0 Å². The number of benzene rings is 2. The number of carbonyl (C=O) groups excluding carboxylic acids is 3. The second-order valence-corrected chi connectivity index (χ2v) is 10.1. The summed E-state index contributed by atoms with van der Waals surface area (Å²) in [5, 5.41) is 15.9. The van der Waals surface area contributed by atoms with Crippen molar-refractivity contribution in [1.29, 1.82) is 0 Å². The summed E-state index contributed by atoms with van der Waals surface area (Å²) >= 11 is 6.34. The average molecular weight is 518 g/mol. The Hall–Kier alpha value is -3.26. The summed E-state index contributed by atoms with van der Waals surface area (Å²) in [5.74, 6) is -0.999. The zero-order chi connectivity index (χ0) is 27.0. The third kappa shape index (κ3) is 8.16. The van der Waals surface area contributed by atoms with E-state index in [2.05, 4.69) is 10.6 Å². The molecule has 0 spiro atoms. The summed E-state index contributed by atoms with van der Waals surface area (Å²) in [6, 6.07) is 9.42. The Bertz CT molecular complexity index is 1060. The molecule has 0 aliphatic rings. The molecule has 3 N–H and O–H groups in total. The highest BCUT2D eigenvalue weighted by Crippen LogP contribution is 2.30. The van der Waals surface area contributed by atoms with Crippen molar-refractivity contribution in [3.05, 3.63) is 58.6 Å². The van der Waals surface area contributed by atoms with Crippen LogP contribution in [-0.2, 0) is 14.3 Å². The summed E-state index contributed by atoms with van der Waals surface area (Å²) < 4.78 is 5.29. The van der Waals surface area contributed by atoms with Crippen LogP contribution in [0.2, 0.25) is 5.02 Å². The molecule has 196 valence electrons. The fourth-order valence-corrected chi connectivity index (χ4v) is 3.91. The van der Waals surface area contributed by atoms with Gasteiger partial charge < -0.3 is 25.4 Å². The van der Waals surface area contributed by atoms with Crippen molar-refractivity contribution in [2.24, 2.45) is 0 Å². The van der Waals surface area contributed by atoms with Crippen LogP contribution in [-0.4, -0.2) is 46.1 Å². The second kappa shape index (κ2) is 12.6. The summed E-state index contributed by atoms with van der Waals surface area (Å²) in [6.07, 6.45) is 0.665. The maximum absolute atomic E-state index is 13.7. The quantitative estimate of drug-likeness (QED) is 0.402. The lowest BCUT2D eigenvalue weighted by Gasteiger charge is -2.34. The van der Waals surface area contributed by atoms with Crippen molar-refractivity contribution in [3.8, 4) is 5.75 Å². The number of hydrogen-bond donors (Lipinski definition) is 3. The van der Waals surface area contributed by atoms with Crippen LogP contribution in [0.25, 0.3) is 0 Å². The molecule has 2 rings (SSSR count). The maximum atomic E-state index is 13.7. The van der Waals surface area contributed by atoms with E-state index in [0.717, 1.165) is 12.0 Å². The molecule has 0 aromatic heterocycles. The number of aromatic hydroxyl groups is 1. The van der Waals surface area contributed by atoms with Crippen LogP contribution >= 0.6 is 11.6 Å². The van der Waals surface area contributed by atoms with Crippen LogP contribution in [0.5, 0.6) is 5.75 Å². The smallest absolute Gasteiger partial charge is 0.408 e. The summed E-state index contributed by atoms with van der Waals surface area (Å²) in [7, 11) is 0. The fourth-order valence-electron chi connectivity index (χ4n) is 3.64. The van der Waals surface area contributed by atoms with Gasteiger partial charge in [0.25, 0.3) is 5.91 Å². The maximum Gasteiger partial charge on any atom is 0.408 e. The highest BCUT2D eigenvalue weighted by atomic mass is 35.5. The molecular weight excluding hydrogens is 482 g/mol. The predicted octanol–water partition coefficient (Wildman–Crippen LogP) is 5.58. The van der Waals surface area contributed by atoms with Crippen LogP contribution < -0.4 is 10.6 Å². The summed E-state index contributed by atoms with van der Waals surface area (Å²) in [5.41, 5.74) is 0.895. The lowest BCUT2D eigenvalue weighted by Crippen LogP contribution is -2.51. The Morgan fingerprint density at radius 3 is 2.39 bits per heavy atom. The average Bonchev–Trinajstić information content (AvgIpc) is 2.77. The van der Waals surface area contributed by atoms with E-state index >= 15 is 0 Å². The van der Waals surface area contributed by atoms with Crippen LogP contribution in [0.4, 0.5) is 10.5 Å². The number of alkyl carbamates (subject to hydrolysis) is 1. The Labute approximate surface area is 218 Å². The molecule has 0 aliphatic carbocycles. The van der Waals surface area contributed by atoms with Gasteiger partial charge in [0.15, 0.2) is 0 Å². The SMILES string of the molecule is CCCCN(C(=O)C(C)NC(=O)OC(C)(C)C)C(C(=O)Nc1c(C)cccc1Cl)c1cccc(O)c1. The number of halogens is 1. The first-order valence-electron chi connectivity index (χ1n) is 12.0. The molecule has 36 heavy (non-hydrogen) atoms. The number of aryl methyl sites for hydroxylation is 1. The van der Waals surface area contributed by atoms with E-state index in [0.29, 0.717) is 22.7 Å². The number of hydrogen-bond acceptors (Lipinski definition) is 5. The van der Waals surface area contributed by atoms with E-state index in [4.69, 9.17) is 16.3 Å². The van der Waals surface area contributed by atoms with Gasteiger partial charge in [0.1, 0.15) is 23.4 Å². The summed E-state index contributed by atoms with van der Waals surface area (Å²) in [6.45, 7) is 10.8. The lowest BCUT2D eigenvalue weighted by atomic mass is 10.0. The van der Waals surface area contributed by atoms with Crippen molar-refractivity contribution < 1.29 is 24.2 Å². The van der Waals surface area contributed by atoms with Gasteiger partial charge in [-0.15, -0.1) is 0 Å². The number of nitrogens with one attached hydrogen (secondary N) is 2. The number of amides is 3. The Morgan fingerprint density at radius 1 is 1.14 bits per heavy atom. The molecule has 0 heterocycles. The minimum Gasteiger partial charge on any atom is -0.508 e. The fraction of sp³-hybridized carbons (Fsp3) is 0.444. The van der Waals surface area contributed by atoms with Gasteiger partial charge in [0.05, 0.1) is 10.7 Å². The molecule has 0 bridgehead atoms. The van der Waals surface area contributed by atoms with E-state index in [-0.39, 0.29) is 12.3 Å². The van der Waals surface area contributed by atoms with Gasteiger partial charge in [0, 0.05) is 6.54 Å². The van der Waals surface area contributed by atoms with Crippen molar-refractivity contribution in [3.63, 3.8) is 0 Å². The van der Waals surface area contributed by atoms with Crippen molar-refractivity contribution in [1.82, 2.24) is 10.2 Å². The molecule has 3 amide bonds. The molecule has 0 saturated heterocycles. The lowest BCUT2D eigenvalue weighted by molar-refractivity contribution is -0.140. The van der Waals surface area contributed by atoms with Crippen LogP contribution in [0.15, 0.2) is 42.5 Å². The van der Waals surface area contributed by atoms with Gasteiger partial charge in [-0.25, -0.2) is 4.79 Å². The molecule has 0 saturated carbocycles. The first-order chi connectivity index (χ1) is 16.8. The van der Waals surface area contributed by atoms with Gasteiger partial charge in [-0.3, -0.25) is 9.59 Å². The molecule has 2 aromatic rings. The standard InChI is InChI=1S/C27H36ClN3O5/c1-7-8-15-31(25(34)18(3)29-26(35)36-27(4,5)6)23(19-12-10-13-20(32)16-19)24(33)30-22-17(2)11-9-14-21(22)28/h9-14,16,18,23,32H,7-8,15H2,1-6H3,(H,29,35)(H,30,33). The Morgan fingerprint density at radius 2 is 1.81 bits per heavy atom. The molecule has 0 aliphatic heterocycles. The molecule has 2 atom stereocenters. The number of carbonyl (C=O) groups is 3. The molecule has 2 aromatic carbocycles. The molecule has 0 fully saturated rings. The highest BCUT2D eigenvalue weighted by molar-refractivity contribution is 6.34. The van der Waals surface area contributed by atoms with Crippen molar-refractivity contribution in [2.75, 3.05) is 11.9 Å². The minimum absolute atomic E-state index is 0.0398. The number of anilines is 1. The number of unbranched alkanes of at least 4 members (excludes halogenated alkanes) is 1. The number of rotatable bonds is 9. The highest BCUT2D eigenvalue weighted by Gasteiger charge is 2.35. The zero-order valence-electron chi connectivity index (χ0n) is 21.7. The van der Waals surface area contributed by atoms with E-state index in [9.17, 15) is 19.5 Å². The van der Waals surface area contributed by atoms with Gasteiger partial charge in [0.2, 0.25) is 5.91 Å². The van der Waals surface area contributed by atoms with E-state index in [1.54, 1.807) is 52.0 Å². The Kier molecular flexibility index (Phi) is 10.2. The number of phenolic OH excluding ortho intramolecular Hbond substituents is 1. The first-order valence-corrected chi connectivity index (χ1v) is 12.4. The number of ether oxygens (including phenoxy) is 1. The third-order valence-corrected chi connectivity index (χ3v) is 5.67. The van der Waals surface area contributed by atoms with Crippen LogP contribution in [0, 0.1) is 6.92 Å². The second-order valence-electron chi connectivity index (χ2n) is 9.67. The Balaban J connectivity index is 2.46. The summed E-state index contributed by atoms with van der Waals surface area (Å²) in [4.78, 5) is 41.1. The van der Waals surface area contributed by atoms with Crippen LogP contribution in [0.1, 0.15) is 64.6 Å². The largest absolute Gasteiger partial charge is 0.508 e. The van der Waals surface area contributed by atoms with Gasteiger partial charge >= 0.3 is 6.09 Å². The number of nitrogens with zero attached hydrogens (tertiary/aromatic N) is 1. The number of para-hydroxylation sites is 1. The van der Waals surface area contributed by atoms with Gasteiger partial charge in [-0.1, -0.05) is 49.2 Å². The van der Waals surface area contributed by atoms with E-state index in [1.807, 2.05) is 19.9 Å². The first kappa shape index (κ1) is 29.0. The zero-order valence-corrected chi connectivity index (χ0v) is 22.5. The molecule has 2 unspecified atom stereocenters. The van der Waals surface area contributed by atoms with E-state index in [1.165, 1.54) is 17.0 Å². The van der Waals surface area contributed by atoms with Crippen LogP contribution in [0.3, 0.4) is 0 Å². The van der Waals surface area contributed by atoms with Crippen molar-refractivity contribution in [2.45, 2.75) is 72.1 Å². The monoisotopic (exact) mass is 517 g/mol. The molecule has 8 nitrogen and oxygen atoms in total. The molecular formula is C27H36ClN3O5. The van der Waals surface area contributed by atoms with Gasteiger partial charge in [-0.05, 0) is 70.4 Å². The normalized spacial score (nSPS) is 12.9. The topological polar surface area (TPSA) is 108 Å². The predicted molar refractivity (Wildman–Crippen MR) is 141 cm³/mol. The molecule has 0 radical (unpaired) electrons.